The number of benzene rings is 2. The van der Waals surface area contributed by atoms with E-state index in [0.717, 1.165) is 11.1 Å². The van der Waals surface area contributed by atoms with Gasteiger partial charge < -0.3 is 59.3 Å². The van der Waals surface area contributed by atoms with Crippen molar-refractivity contribution in [2.45, 2.75) is 85.0 Å². The fraction of sp³-hybridized carbons (Fsp3) is 0.500. The minimum absolute atomic E-state index is 0.0262. The molecule has 21 heteroatoms. The molecule has 65 heavy (non-hydrogen) atoms. The van der Waals surface area contributed by atoms with Crippen molar-refractivity contribution in [2.75, 3.05) is 39.3 Å². The number of primary amides is 1. The summed E-state index contributed by atoms with van der Waals surface area (Å²) in [6.07, 6.45) is 0.687. The standard InChI is InChI=1S/C44H65N11O10/c1-7-27(6)39(54-37(60)24-50-40(61)30-15-13-29(14-16-30)28-11-9-8-10-12-28)43(64)51-22-35(58)47-21-34(57)48-23-36(59)52-31(17-18-45)42(63)55-38(26(4)5)44(65)53-32(19-25(2)3)41(62)49-20-33(46)56/h8-16,25-27,31-32,38-39H,7,17-24,45H2,1-6H3,(H2,46,56)(H,47,58)(H,48,57)(H,49,62)(H,50,61)(H,51,64)(H,52,59)(H,53,65)(H,54,60)(H,55,63)/t27-,31-,32-,38?,39?/m0/s1. The van der Waals surface area contributed by atoms with Gasteiger partial charge in [-0.05, 0) is 60.4 Å². The Morgan fingerprint density at radius 3 is 1.62 bits per heavy atom. The summed E-state index contributed by atoms with van der Waals surface area (Å²) in [7, 11) is 0. The van der Waals surface area contributed by atoms with Gasteiger partial charge in [-0.15, -0.1) is 0 Å². The fourth-order valence-corrected chi connectivity index (χ4v) is 6.13. The van der Waals surface area contributed by atoms with Gasteiger partial charge in [0.05, 0.1) is 32.7 Å². The summed E-state index contributed by atoms with van der Waals surface area (Å²) in [4.78, 5) is 127. The topological polar surface area (TPSA) is 331 Å². The third kappa shape index (κ3) is 20.0. The maximum Gasteiger partial charge on any atom is 0.251 e. The maximum atomic E-state index is 13.3. The second kappa shape index (κ2) is 28.0. The van der Waals surface area contributed by atoms with Crippen LogP contribution in [0.5, 0.6) is 0 Å². The fourth-order valence-electron chi connectivity index (χ4n) is 6.13. The lowest BCUT2D eigenvalue weighted by Crippen LogP contribution is -2.59. The van der Waals surface area contributed by atoms with Crippen LogP contribution in [-0.2, 0) is 43.2 Å². The lowest BCUT2D eigenvalue weighted by molar-refractivity contribution is -0.135. The Bertz CT molecular complexity index is 1960. The Morgan fingerprint density at radius 1 is 0.523 bits per heavy atom. The van der Waals surface area contributed by atoms with E-state index in [1.165, 1.54) is 0 Å². The zero-order valence-corrected chi connectivity index (χ0v) is 37.8. The molecule has 0 fully saturated rings. The molecular weight excluding hydrogens is 843 g/mol. The normalized spacial score (nSPS) is 13.1. The molecule has 10 amide bonds. The average molecular weight is 908 g/mol. The molecule has 0 bridgehead atoms. The Balaban J connectivity index is 1.84. The largest absolute Gasteiger partial charge is 0.368 e. The zero-order valence-electron chi connectivity index (χ0n) is 37.8. The van der Waals surface area contributed by atoms with Gasteiger partial charge in [-0.2, -0.15) is 0 Å². The predicted octanol–water partition coefficient (Wildman–Crippen LogP) is -1.93. The number of carbonyl (C=O) groups excluding carboxylic acids is 10. The van der Waals surface area contributed by atoms with Gasteiger partial charge in [-0.3, -0.25) is 47.9 Å². The second-order valence-corrected chi connectivity index (χ2v) is 16.1. The molecule has 0 saturated heterocycles. The molecule has 0 heterocycles. The number of amides is 10. The number of hydrogen-bond acceptors (Lipinski definition) is 11. The van der Waals surface area contributed by atoms with Crippen LogP contribution in [0.15, 0.2) is 54.6 Å². The van der Waals surface area contributed by atoms with Crippen molar-refractivity contribution in [1.82, 2.24) is 47.9 Å². The lowest BCUT2D eigenvalue weighted by atomic mass is 9.98. The highest BCUT2D eigenvalue weighted by atomic mass is 16.2. The summed E-state index contributed by atoms with van der Waals surface area (Å²) in [6, 6.07) is 12.1. The van der Waals surface area contributed by atoms with E-state index in [4.69, 9.17) is 11.5 Å². The zero-order chi connectivity index (χ0) is 48.6. The van der Waals surface area contributed by atoms with E-state index in [1.54, 1.807) is 45.0 Å². The average Bonchev–Trinajstić information content (AvgIpc) is 3.27. The molecule has 5 atom stereocenters. The van der Waals surface area contributed by atoms with Crippen molar-refractivity contribution in [3.8, 4) is 11.1 Å². The van der Waals surface area contributed by atoms with E-state index in [2.05, 4.69) is 47.9 Å². The molecule has 2 rings (SSSR count). The van der Waals surface area contributed by atoms with E-state index in [-0.39, 0.29) is 31.2 Å². The highest BCUT2D eigenvalue weighted by Crippen LogP contribution is 2.19. The van der Waals surface area contributed by atoms with Crippen molar-refractivity contribution in [3.05, 3.63) is 60.2 Å². The molecule has 0 aliphatic heterocycles. The van der Waals surface area contributed by atoms with Crippen LogP contribution in [0, 0.1) is 17.8 Å². The summed E-state index contributed by atoms with van der Waals surface area (Å²) < 4.78 is 0. The number of carbonyl (C=O) groups is 10. The highest BCUT2D eigenvalue weighted by Gasteiger charge is 2.32. The van der Waals surface area contributed by atoms with Crippen LogP contribution in [0.2, 0.25) is 0 Å². The van der Waals surface area contributed by atoms with Crippen LogP contribution < -0.4 is 59.3 Å². The number of nitrogens with one attached hydrogen (secondary N) is 9. The maximum absolute atomic E-state index is 13.3. The number of hydrogen-bond donors (Lipinski definition) is 11. The molecule has 2 aromatic rings. The van der Waals surface area contributed by atoms with E-state index < -0.39 is 122 Å². The van der Waals surface area contributed by atoms with Gasteiger partial charge in [0.2, 0.25) is 53.2 Å². The van der Waals surface area contributed by atoms with Gasteiger partial charge in [0.15, 0.2) is 0 Å². The Morgan fingerprint density at radius 2 is 1.06 bits per heavy atom. The van der Waals surface area contributed by atoms with Crippen molar-refractivity contribution in [3.63, 3.8) is 0 Å². The minimum atomic E-state index is -1.21. The molecule has 0 radical (unpaired) electrons. The molecule has 2 unspecified atom stereocenters. The first-order chi connectivity index (χ1) is 30.7. The van der Waals surface area contributed by atoms with Crippen molar-refractivity contribution >= 4 is 59.1 Å². The van der Waals surface area contributed by atoms with Crippen LogP contribution in [-0.4, -0.2) is 123 Å². The SMILES string of the molecule is CC[C@H](C)C(NC(=O)CNC(=O)c1ccc(-c2ccccc2)cc1)C(=O)NCC(=O)NCC(=O)NCC(=O)N[C@@H](CCN)C(=O)NC(C(=O)N[C@@H](CC(C)C)C(=O)NCC(N)=O)C(C)C. The number of rotatable bonds is 27. The van der Waals surface area contributed by atoms with Gasteiger partial charge in [-0.1, -0.05) is 90.4 Å². The van der Waals surface area contributed by atoms with Gasteiger partial charge in [0.25, 0.3) is 5.91 Å². The molecule has 0 aromatic heterocycles. The molecule has 0 spiro atoms. The summed E-state index contributed by atoms with van der Waals surface area (Å²) in [6.45, 7) is 7.96. The van der Waals surface area contributed by atoms with Gasteiger partial charge in [0, 0.05) is 5.56 Å². The minimum Gasteiger partial charge on any atom is -0.368 e. The third-order valence-corrected chi connectivity index (χ3v) is 9.92. The Kier molecular flexibility index (Phi) is 23.4. The van der Waals surface area contributed by atoms with E-state index in [9.17, 15) is 47.9 Å². The molecule has 21 nitrogen and oxygen atoms in total. The van der Waals surface area contributed by atoms with Gasteiger partial charge in [-0.25, -0.2) is 0 Å². The summed E-state index contributed by atoms with van der Waals surface area (Å²) >= 11 is 0. The van der Waals surface area contributed by atoms with Crippen molar-refractivity contribution < 1.29 is 47.9 Å². The molecule has 13 N–H and O–H groups in total. The smallest absolute Gasteiger partial charge is 0.251 e. The molecule has 0 aliphatic carbocycles. The predicted molar refractivity (Wildman–Crippen MR) is 241 cm³/mol. The second-order valence-electron chi connectivity index (χ2n) is 16.1. The summed E-state index contributed by atoms with van der Waals surface area (Å²) in [5.74, 6) is -7.74. The van der Waals surface area contributed by atoms with E-state index in [1.807, 2.05) is 51.1 Å². The Labute approximate surface area is 378 Å². The molecule has 356 valence electrons. The van der Waals surface area contributed by atoms with Crippen LogP contribution >= 0.6 is 0 Å². The van der Waals surface area contributed by atoms with Gasteiger partial charge in [0.1, 0.15) is 24.2 Å². The molecule has 0 aliphatic rings. The highest BCUT2D eigenvalue weighted by molar-refractivity contribution is 5.98. The van der Waals surface area contributed by atoms with E-state index in [0.29, 0.717) is 12.0 Å². The number of nitrogens with two attached hydrogens (primary N) is 2. The van der Waals surface area contributed by atoms with Crippen LogP contribution in [0.25, 0.3) is 11.1 Å². The molecular formula is C44H65N11O10. The Hall–Kier alpha value is -6.90. The first kappa shape index (κ1) is 54.2. The first-order valence-electron chi connectivity index (χ1n) is 21.5. The molecule has 2 aromatic carbocycles. The van der Waals surface area contributed by atoms with Gasteiger partial charge >= 0.3 is 0 Å². The quantitative estimate of drug-likeness (QED) is 0.0469. The van der Waals surface area contributed by atoms with Crippen LogP contribution in [0.1, 0.15) is 71.2 Å². The van der Waals surface area contributed by atoms with Crippen LogP contribution in [0.4, 0.5) is 0 Å². The lowest BCUT2D eigenvalue weighted by Gasteiger charge is -2.27. The van der Waals surface area contributed by atoms with Crippen molar-refractivity contribution in [1.29, 1.82) is 0 Å². The summed E-state index contributed by atoms with van der Waals surface area (Å²) in [5.41, 5.74) is 13.1. The van der Waals surface area contributed by atoms with Crippen molar-refractivity contribution in [2.24, 2.45) is 29.2 Å². The monoisotopic (exact) mass is 907 g/mol. The van der Waals surface area contributed by atoms with E-state index >= 15 is 0 Å². The molecule has 0 saturated carbocycles. The third-order valence-electron chi connectivity index (χ3n) is 9.92. The first-order valence-corrected chi connectivity index (χ1v) is 21.5. The summed E-state index contributed by atoms with van der Waals surface area (Å²) in [5, 5.41) is 22.2. The van der Waals surface area contributed by atoms with Crippen LogP contribution in [0.3, 0.4) is 0 Å².